The molecule has 2 aliphatic rings. The Morgan fingerprint density at radius 1 is 1.43 bits per heavy atom. The summed E-state index contributed by atoms with van der Waals surface area (Å²) in [6.45, 7) is 3.65. The first-order chi connectivity index (χ1) is 11.1. The van der Waals surface area contributed by atoms with Crippen LogP contribution in [0.4, 0.5) is 0 Å². The number of amides is 1. The maximum absolute atomic E-state index is 12.8. The third-order valence-corrected chi connectivity index (χ3v) is 4.98. The minimum atomic E-state index is -0.580. The van der Waals surface area contributed by atoms with Gasteiger partial charge in [-0.25, -0.2) is 4.98 Å². The molecule has 4 heterocycles. The molecule has 6 heteroatoms. The molecule has 0 unspecified atom stereocenters. The predicted molar refractivity (Wildman–Crippen MR) is 84.4 cm³/mol. The zero-order chi connectivity index (χ0) is 16.0. The van der Waals surface area contributed by atoms with Gasteiger partial charge in [0.25, 0.3) is 5.91 Å². The smallest absolute Gasteiger partial charge is 0.274 e. The standard InChI is InChI=1S/C17H21N3O3/c1-12-3-4-15-18-13(10-20(15)9-12)16(22)19-7-5-14(21)17(11-19)6-2-8-23-17/h3-4,9-10,14,21H,2,5-8,11H2,1H3/t14-,17-/m0/s1. The normalized spacial score (nSPS) is 27.9. The van der Waals surface area contributed by atoms with E-state index in [4.69, 9.17) is 4.74 Å². The molecular formula is C17H21N3O3. The fourth-order valence-corrected chi connectivity index (χ4v) is 3.70. The minimum Gasteiger partial charge on any atom is -0.390 e. The average molecular weight is 315 g/mol. The number of pyridine rings is 1. The lowest BCUT2D eigenvalue weighted by atomic mass is 9.87. The SMILES string of the molecule is Cc1ccc2nc(C(=O)N3CC[C@H](O)[C@]4(CCCO4)C3)cn2c1. The van der Waals surface area contributed by atoms with Gasteiger partial charge in [0.2, 0.25) is 0 Å². The van der Waals surface area contributed by atoms with Crippen LogP contribution >= 0.6 is 0 Å². The van der Waals surface area contributed by atoms with Crippen LogP contribution in [0.3, 0.4) is 0 Å². The van der Waals surface area contributed by atoms with Gasteiger partial charge in [-0.3, -0.25) is 4.79 Å². The van der Waals surface area contributed by atoms with Gasteiger partial charge >= 0.3 is 0 Å². The molecule has 0 aromatic carbocycles. The van der Waals surface area contributed by atoms with Crippen molar-refractivity contribution in [3.63, 3.8) is 0 Å². The van der Waals surface area contributed by atoms with Crippen LogP contribution in [0, 0.1) is 6.92 Å². The molecule has 0 saturated carbocycles. The van der Waals surface area contributed by atoms with E-state index in [0.29, 0.717) is 31.8 Å². The van der Waals surface area contributed by atoms with Crippen LogP contribution in [-0.2, 0) is 4.74 Å². The third kappa shape index (κ3) is 2.42. The summed E-state index contributed by atoms with van der Waals surface area (Å²) in [5.74, 6) is -0.0897. The van der Waals surface area contributed by atoms with Gasteiger partial charge in [-0.2, -0.15) is 0 Å². The van der Waals surface area contributed by atoms with E-state index >= 15 is 0 Å². The van der Waals surface area contributed by atoms with Crippen molar-refractivity contribution in [2.24, 2.45) is 0 Å². The van der Waals surface area contributed by atoms with Gasteiger partial charge in [0.15, 0.2) is 0 Å². The van der Waals surface area contributed by atoms with Crippen molar-refractivity contribution in [2.75, 3.05) is 19.7 Å². The largest absolute Gasteiger partial charge is 0.390 e. The van der Waals surface area contributed by atoms with Gasteiger partial charge in [0.1, 0.15) is 16.9 Å². The molecule has 1 amide bonds. The van der Waals surface area contributed by atoms with Crippen LogP contribution < -0.4 is 0 Å². The maximum atomic E-state index is 12.8. The number of rotatable bonds is 1. The van der Waals surface area contributed by atoms with Gasteiger partial charge in [0.05, 0.1) is 12.6 Å². The number of hydrogen-bond acceptors (Lipinski definition) is 4. The summed E-state index contributed by atoms with van der Waals surface area (Å²) in [5, 5.41) is 10.3. The highest BCUT2D eigenvalue weighted by Gasteiger charge is 2.47. The van der Waals surface area contributed by atoms with Crippen LogP contribution in [0.1, 0.15) is 35.3 Å². The molecule has 0 bridgehead atoms. The van der Waals surface area contributed by atoms with Crippen LogP contribution in [0.25, 0.3) is 5.65 Å². The second kappa shape index (κ2) is 5.32. The Bertz CT molecular complexity index is 749. The first kappa shape index (κ1) is 14.7. The highest BCUT2D eigenvalue weighted by molar-refractivity contribution is 5.93. The van der Waals surface area contributed by atoms with Crippen molar-refractivity contribution in [2.45, 2.75) is 37.9 Å². The Labute approximate surface area is 134 Å². The Balaban J connectivity index is 1.60. The average Bonchev–Trinajstić information content (AvgIpc) is 3.16. The molecule has 2 aromatic heterocycles. The van der Waals surface area contributed by atoms with Gasteiger partial charge in [0, 0.05) is 25.5 Å². The molecule has 6 nitrogen and oxygen atoms in total. The number of ether oxygens (including phenoxy) is 1. The molecular weight excluding hydrogens is 294 g/mol. The highest BCUT2D eigenvalue weighted by Crippen LogP contribution is 2.35. The maximum Gasteiger partial charge on any atom is 0.274 e. The third-order valence-electron chi connectivity index (χ3n) is 4.98. The summed E-state index contributed by atoms with van der Waals surface area (Å²) < 4.78 is 7.69. The first-order valence-corrected chi connectivity index (χ1v) is 8.14. The number of aromatic nitrogens is 2. The number of nitrogens with zero attached hydrogens (tertiary/aromatic N) is 3. The lowest BCUT2D eigenvalue weighted by Gasteiger charge is -2.42. The number of imidazole rings is 1. The number of fused-ring (bicyclic) bond motifs is 1. The molecule has 0 aliphatic carbocycles. The monoisotopic (exact) mass is 315 g/mol. The number of aryl methyl sites for hydroxylation is 1. The quantitative estimate of drug-likeness (QED) is 0.864. The predicted octanol–water partition coefficient (Wildman–Crippen LogP) is 1.40. The molecule has 1 N–H and O–H groups in total. The lowest BCUT2D eigenvalue weighted by Crippen LogP contribution is -2.57. The second-order valence-corrected chi connectivity index (χ2v) is 6.65. The van der Waals surface area contributed by atoms with Gasteiger partial charge in [-0.15, -0.1) is 0 Å². The lowest BCUT2D eigenvalue weighted by molar-refractivity contribution is -0.124. The molecule has 1 spiro atoms. The van der Waals surface area contributed by atoms with Crippen LogP contribution in [0.5, 0.6) is 0 Å². The number of carbonyl (C=O) groups excluding carboxylic acids is 1. The van der Waals surface area contributed by atoms with Crippen molar-refractivity contribution in [3.8, 4) is 0 Å². The Kier molecular flexibility index (Phi) is 3.39. The van der Waals surface area contributed by atoms with E-state index in [1.54, 1.807) is 11.1 Å². The summed E-state index contributed by atoms with van der Waals surface area (Å²) in [7, 11) is 0. The number of likely N-dealkylation sites (tertiary alicyclic amines) is 1. The van der Waals surface area contributed by atoms with E-state index in [1.165, 1.54) is 0 Å². The Morgan fingerprint density at radius 3 is 3.09 bits per heavy atom. The summed E-state index contributed by atoms with van der Waals surface area (Å²) in [6, 6.07) is 3.89. The number of aliphatic hydroxyl groups excluding tert-OH is 1. The molecule has 2 aromatic rings. The van der Waals surface area contributed by atoms with E-state index in [9.17, 15) is 9.90 Å². The second-order valence-electron chi connectivity index (χ2n) is 6.65. The van der Waals surface area contributed by atoms with Crippen molar-refractivity contribution < 1.29 is 14.6 Å². The molecule has 0 radical (unpaired) electrons. The topological polar surface area (TPSA) is 67.1 Å². The molecule has 122 valence electrons. The van der Waals surface area contributed by atoms with Crippen LogP contribution in [-0.4, -0.2) is 56.7 Å². The number of carbonyl (C=O) groups is 1. The van der Waals surface area contributed by atoms with Crippen molar-refractivity contribution in [1.29, 1.82) is 0 Å². The Morgan fingerprint density at radius 2 is 2.30 bits per heavy atom. The summed E-state index contributed by atoms with van der Waals surface area (Å²) in [6.07, 6.45) is 5.55. The van der Waals surface area contributed by atoms with E-state index in [2.05, 4.69) is 4.98 Å². The zero-order valence-corrected chi connectivity index (χ0v) is 13.2. The van der Waals surface area contributed by atoms with Crippen molar-refractivity contribution >= 4 is 11.6 Å². The van der Waals surface area contributed by atoms with Gasteiger partial charge in [-0.1, -0.05) is 6.07 Å². The first-order valence-electron chi connectivity index (χ1n) is 8.14. The summed E-state index contributed by atoms with van der Waals surface area (Å²) >= 11 is 0. The van der Waals surface area contributed by atoms with Gasteiger partial charge in [-0.05, 0) is 37.8 Å². The minimum absolute atomic E-state index is 0.0897. The van der Waals surface area contributed by atoms with Crippen LogP contribution in [0.2, 0.25) is 0 Å². The number of piperidine rings is 1. The molecule has 2 saturated heterocycles. The molecule has 2 fully saturated rings. The molecule has 2 aliphatic heterocycles. The van der Waals surface area contributed by atoms with Crippen LogP contribution in [0.15, 0.2) is 24.5 Å². The zero-order valence-electron chi connectivity index (χ0n) is 13.2. The molecule has 4 rings (SSSR count). The van der Waals surface area contributed by atoms with E-state index in [0.717, 1.165) is 24.1 Å². The number of hydrogen-bond donors (Lipinski definition) is 1. The Hall–Kier alpha value is -1.92. The molecule has 23 heavy (non-hydrogen) atoms. The van der Waals surface area contributed by atoms with E-state index in [-0.39, 0.29) is 5.91 Å². The highest BCUT2D eigenvalue weighted by atomic mass is 16.5. The fourth-order valence-electron chi connectivity index (χ4n) is 3.70. The van der Waals surface area contributed by atoms with Crippen molar-refractivity contribution in [1.82, 2.24) is 14.3 Å². The number of aliphatic hydroxyl groups is 1. The fraction of sp³-hybridized carbons (Fsp3) is 0.529. The van der Waals surface area contributed by atoms with E-state index in [1.807, 2.05) is 29.7 Å². The van der Waals surface area contributed by atoms with Gasteiger partial charge < -0.3 is 19.1 Å². The summed E-state index contributed by atoms with van der Waals surface area (Å²) in [5.41, 5.74) is 1.75. The molecule has 2 atom stereocenters. The van der Waals surface area contributed by atoms with Crippen molar-refractivity contribution in [3.05, 3.63) is 35.8 Å². The summed E-state index contributed by atoms with van der Waals surface area (Å²) in [4.78, 5) is 19.0. The van der Waals surface area contributed by atoms with E-state index < -0.39 is 11.7 Å².